The van der Waals surface area contributed by atoms with E-state index >= 15 is 0 Å². The largest absolute Gasteiger partial charge is 0.481 e. The molecule has 0 amide bonds. The molecule has 2 saturated carbocycles. The summed E-state index contributed by atoms with van der Waals surface area (Å²) in [5.74, 6) is 2.21. The molecular formula is C17H24ClNO2S. The van der Waals surface area contributed by atoms with Gasteiger partial charge >= 0.3 is 5.97 Å². The van der Waals surface area contributed by atoms with E-state index in [0.29, 0.717) is 11.1 Å². The summed E-state index contributed by atoms with van der Waals surface area (Å²) in [6.45, 7) is 2.17. The number of hydrogen-bond acceptors (Lipinski definition) is 3. The van der Waals surface area contributed by atoms with Gasteiger partial charge in [-0.05, 0) is 68.2 Å². The van der Waals surface area contributed by atoms with Crippen LogP contribution in [0.3, 0.4) is 0 Å². The number of fused-ring (bicyclic) bond motifs is 2. The van der Waals surface area contributed by atoms with Crippen molar-refractivity contribution >= 4 is 29.3 Å². The summed E-state index contributed by atoms with van der Waals surface area (Å²) in [5, 5.41) is 9.04. The second-order valence-corrected chi connectivity index (χ2v) is 7.82. The molecular weight excluding hydrogens is 318 g/mol. The summed E-state index contributed by atoms with van der Waals surface area (Å²) < 4.78 is 0. The molecule has 22 heavy (non-hydrogen) atoms. The fraction of sp³-hybridized carbons (Fsp3) is 0.588. The third-order valence-corrected chi connectivity index (χ3v) is 5.89. The maximum atomic E-state index is 10.2. The lowest BCUT2D eigenvalue weighted by molar-refractivity contribution is -0.133. The number of aliphatic carboxylic acids is 1. The van der Waals surface area contributed by atoms with Gasteiger partial charge in [-0.1, -0.05) is 18.0 Å². The van der Waals surface area contributed by atoms with Gasteiger partial charge in [0.05, 0.1) is 5.75 Å². The molecule has 0 aliphatic heterocycles. The summed E-state index contributed by atoms with van der Waals surface area (Å²) in [7, 11) is 0. The van der Waals surface area contributed by atoms with E-state index in [1.807, 2.05) is 0 Å². The molecule has 1 aromatic rings. The number of halogens is 1. The maximum absolute atomic E-state index is 10.2. The Morgan fingerprint density at radius 1 is 1.36 bits per heavy atom. The lowest BCUT2D eigenvalue weighted by Gasteiger charge is -2.24. The molecule has 2 fully saturated rings. The maximum Gasteiger partial charge on any atom is 0.313 e. The number of rotatable bonds is 4. The second-order valence-electron chi connectivity index (χ2n) is 6.33. The van der Waals surface area contributed by atoms with E-state index < -0.39 is 5.97 Å². The van der Waals surface area contributed by atoms with Crippen LogP contribution in [0.1, 0.15) is 32.6 Å². The normalized spacial score (nSPS) is 27.1. The second kappa shape index (κ2) is 8.23. The van der Waals surface area contributed by atoms with Crippen LogP contribution in [-0.2, 0) is 4.79 Å². The molecule has 3 rings (SSSR count). The molecule has 2 aliphatic carbocycles. The minimum atomic E-state index is -0.810. The quantitative estimate of drug-likeness (QED) is 0.802. The Morgan fingerprint density at radius 3 is 2.45 bits per heavy atom. The number of nitrogens with two attached hydrogens (primary N) is 1. The topological polar surface area (TPSA) is 63.3 Å². The summed E-state index contributed by atoms with van der Waals surface area (Å²) in [4.78, 5) is 11.1. The van der Waals surface area contributed by atoms with Crippen LogP contribution in [0, 0.1) is 17.8 Å². The molecule has 3 N–H and O–H groups in total. The van der Waals surface area contributed by atoms with Crippen molar-refractivity contribution in [2.45, 2.75) is 43.5 Å². The van der Waals surface area contributed by atoms with E-state index in [9.17, 15) is 4.79 Å². The Balaban J connectivity index is 0.000000162. The molecule has 0 radical (unpaired) electrons. The van der Waals surface area contributed by atoms with E-state index in [-0.39, 0.29) is 5.75 Å². The summed E-state index contributed by atoms with van der Waals surface area (Å²) in [6, 6.07) is 7.54. The minimum Gasteiger partial charge on any atom is -0.481 e. The molecule has 0 aromatic heterocycles. The number of thioether (sulfide) groups is 1. The molecule has 2 bridgehead atoms. The smallest absolute Gasteiger partial charge is 0.313 e. The van der Waals surface area contributed by atoms with Crippen LogP contribution < -0.4 is 5.73 Å². The zero-order chi connectivity index (χ0) is 16.1. The fourth-order valence-corrected chi connectivity index (χ4v) is 4.36. The number of hydrogen-bond donors (Lipinski definition) is 2. The molecule has 5 heteroatoms. The van der Waals surface area contributed by atoms with E-state index in [1.165, 1.54) is 37.4 Å². The van der Waals surface area contributed by atoms with Gasteiger partial charge in [0.1, 0.15) is 0 Å². The first-order chi connectivity index (χ1) is 10.5. The Morgan fingerprint density at radius 2 is 2.05 bits per heavy atom. The van der Waals surface area contributed by atoms with Gasteiger partial charge in [0.25, 0.3) is 0 Å². The van der Waals surface area contributed by atoms with E-state index in [1.54, 1.807) is 24.3 Å². The molecule has 4 unspecified atom stereocenters. The molecule has 4 atom stereocenters. The van der Waals surface area contributed by atoms with Gasteiger partial charge in [-0.3, -0.25) is 4.79 Å². The number of carboxylic acids is 1. The lowest BCUT2D eigenvalue weighted by Crippen LogP contribution is -2.30. The van der Waals surface area contributed by atoms with Crippen LogP contribution in [0.2, 0.25) is 5.02 Å². The Hall–Kier alpha value is -0.710. The first-order valence-electron chi connectivity index (χ1n) is 7.81. The van der Waals surface area contributed by atoms with Crippen molar-refractivity contribution in [3.63, 3.8) is 0 Å². The average molecular weight is 342 g/mol. The van der Waals surface area contributed by atoms with Crippen LogP contribution in [0.5, 0.6) is 0 Å². The monoisotopic (exact) mass is 341 g/mol. The molecule has 0 spiro atoms. The van der Waals surface area contributed by atoms with Crippen molar-refractivity contribution in [1.82, 2.24) is 0 Å². The average Bonchev–Trinajstić information content (AvgIpc) is 3.10. The van der Waals surface area contributed by atoms with Crippen molar-refractivity contribution in [2.75, 3.05) is 5.75 Å². The van der Waals surface area contributed by atoms with Crippen molar-refractivity contribution in [1.29, 1.82) is 0 Å². The third kappa shape index (κ3) is 5.18. The Kier molecular flexibility index (Phi) is 6.60. The first-order valence-corrected chi connectivity index (χ1v) is 9.17. The van der Waals surface area contributed by atoms with Crippen molar-refractivity contribution in [2.24, 2.45) is 23.5 Å². The van der Waals surface area contributed by atoms with Crippen LogP contribution >= 0.6 is 23.4 Å². The Bertz CT molecular complexity index is 492. The predicted octanol–water partition coefficient (Wildman–Crippen LogP) is 4.29. The Labute approximate surface area is 141 Å². The van der Waals surface area contributed by atoms with E-state index in [4.69, 9.17) is 22.4 Å². The van der Waals surface area contributed by atoms with Gasteiger partial charge in [-0.2, -0.15) is 0 Å². The number of benzene rings is 1. The molecule has 3 nitrogen and oxygen atoms in total. The molecule has 0 heterocycles. The number of carbonyl (C=O) groups is 1. The lowest BCUT2D eigenvalue weighted by atomic mass is 9.84. The highest BCUT2D eigenvalue weighted by Crippen LogP contribution is 2.49. The minimum absolute atomic E-state index is 0.0850. The highest BCUT2D eigenvalue weighted by molar-refractivity contribution is 8.00. The number of carboxylic acid groups (broad SMARTS) is 1. The SMILES string of the molecule is CC(N)C1CC2CCC1C2.O=C(O)CSc1ccc(Cl)cc1. The fourth-order valence-electron chi connectivity index (χ4n) is 3.61. The highest BCUT2D eigenvalue weighted by atomic mass is 35.5. The summed E-state index contributed by atoms with van der Waals surface area (Å²) in [6.07, 6.45) is 5.89. The van der Waals surface area contributed by atoms with Crippen LogP contribution in [0.25, 0.3) is 0 Å². The zero-order valence-corrected chi connectivity index (χ0v) is 14.4. The van der Waals surface area contributed by atoms with Gasteiger partial charge in [0, 0.05) is 16.0 Å². The standard InChI is InChI=1S/C9H17N.C8H7ClO2S/c1-6(10)9-5-7-2-3-8(9)4-7;9-6-1-3-7(4-2-6)12-5-8(10)11/h6-9H,2-5,10H2,1H3;1-4H,5H2,(H,10,11). The van der Waals surface area contributed by atoms with Crippen molar-refractivity contribution in [3.05, 3.63) is 29.3 Å². The van der Waals surface area contributed by atoms with Crippen LogP contribution in [0.4, 0.5) is 0 Å². The molecule has 122 valence electrons. The predicted molar refractivity (Wildman–Crippen MR) is 92.4 cm³/mol. The zero-order valence-electron chi connectivity index (χ0n) is 12.9. The van der Waals surface area contributed by atoms with Crippen molar-refractivity contribution < 1.29 is 9.90 Å². The summed E-state index contributed by atoms with van der Waals surface area (Å²) >= 11 is 6.93. The van der Waals surface area contributed by atoms with Gasteiger partial charge in [0.15, 0.2) is 0 Å². The van der Waals surface area contributed by atoms with Crippen molar-refractivity contribution in [3.8, 4) is 0 Å². The summed E-state index contributed by atoms with van der Waals surface area (Å²) in [5.41, 5.74) is 5.88. The highest BCUT2D eigenvalue weighted by Gasteiger charge is 2.40. The molecule has 1 aromatic carbocycles. The third-order valence-electron chi connectivity index (χ3n) is 4.64. The van der Waals surface area contributed by atoms with Gasteiger partial charge < -0.3 is 10.8 Å². The van der Waals surface area contributed by atoms with Gasteiger partial charge in [-0.25, -0.2) is 0 Å². The van der Waals surface area contributed by atoms with E-state index in [2.05, 4.69) is 6.92 Å². The van der Waals surface area contributed by atoms with E-state index in [0.717, 1.165) is 22.6 Å². The molecule has 0 saturated heterocycles. The van der Waals surface area contributed by atoms with Crippen LogP contribution in [-0.4, -0.2) is 22.9 Å². The van der Waals surface area contributed by atoms with Gasteiger partial charge in [-0.15, -0.1) is 11.8 Å². The molecule has 2 aliphatic rings. The van der Waals surface area contributed by atoms with Crippen LogP contribution in [0.15, 0.2) is 29.2 Å². The van der Waals surface area contributed by atoms with Gasteiger partial charge in [0.2, 0.25) is 0 Å². The first kappa shape index (κ1) is 17.6.